The highest BCUT2D eigenvalue weighted by Crippen LogP contribution is 2.15. The fraction of sp³-hybridized carbons (Fsp3) is 0.143. The highest BCUT2D eigenvalue weighted by molar-refractivity contribution is 6.05. The molecular weight excluding hydrogens is 328 g/mol. The summed E-state index contributed by atoms with van der Waals surface area (Å²) in [7, 11) is 0. The van der Waals surface area contributed by atoms with Crippen LogP contribution in [0.1, 0.15) is 34.1 Å². The first-order chi connectivity index (χ1) is 12.7. The molecule has 0 bridgehead atoms. The Morgan fingerprint density at radius 2 is 1.69 bits per heavy atom. The monoisotopic (exact) mass is 348 g/mol. The Hall–Kier alpha value is -3.34. The number of rotatable bonds is 6. The summed E-state index contributed by atoms with van der Waals surface area (Å²) < 4.78 is 7.08. The zero-order chi connectivity index (χ0) is 18.4. The number of nitrogens with one attached hydrogen (secondary N) is 1. The van der Waals surface area contributed by atoms with Crippen LogP contribution >= 0.6 is 0 Å². The van der Waals surface area contributed by atoms with Crippen molar-refractivity contribution < 1.29 is 14.3 Å². The molecule has 3 rings (SSSR count). The topological polar surface area (TPSA) is 60.3 Å². The number of hydrogen-bond donors (Lipinski definition) is 1. The van der Waals surface area contributed by atoms with Gasteiger partial charge >= 0.3 is 5.97 Å². The number of carbonyl (C=O) groups excluding carboxylic acids is 2. The van der Waals surface area contributed by atoms with Gasteiger partial charge in [0.05, 0.1) is 12.2 Å². The molecule has 0 radical (unpaired) electrons. The molecule has 0 unspecified atom stereocenters. The Balaban J connectivity index is 1.69. The molecule has 1 aromatic heterocycles. The molecule has 0 saturated carbocycles. The maximum absolute atomic E-state index is 12.4. The van der Waals surface area contributed by atoms with Crippen LogP contribution in [0.4, 0.5) is 5.69 Å². The first-order valence-corrected chi connectivity index (χ1v) is 8.49. The summed E-state index contributed by atoms with van der Waals surface area (Å²) in [6.07, 6.45) is 4.65. The van der Waals surface area contributed by atoms with Crippen molar-refractivity contribution in [1.29, 1.82) is 0 Å². The Morgan fingerprint density at radius 1 is 0.962 bits per heavy atom. The van der Waals surface area contributed by atoms with Crippen LogP contribution in [0, 0.1) is 0 Å². The predicted octanol–water partition coefficient (Wildman–Crippen LogP) is 4.30. The van der Waals surface area contributed by atoms with Gasteiger partial charge in [-0.1, -0.05) is 13.0 Å². The van der Waals surface area contributed by atoms with E-state index in [0.29, 0.717) is 23.4 Å². The first-order valence-electron chi connectivity index (χ1n) is 8.49. The smallest absolute Gasteiger partial charge is 0.338 e. The van der Waals surface area contributed by atoms with Crippen LogP contribution in [-0.4, -0.2) is 23.1 Å². The molecule has 5 nitrogen and oxygen atoms in total. The molecule has 0 saturated heterocycles. The second kappa shape index (κ2) is 8.16. The van der Waals surface area contributed by atoms with E-state index in [1.807, 2.05) is 48.1 Å². The van der Waals surface area contributed by atoms with Crippen LogP contribution in [0.2, 0.25) is 0 Å². The average molecular weight is 348 g/mol. The van der Waals surface area contributed by atoms with Crippen LogP contribution in [0.5, 0.6) is 0 Å². The second-order valence-corrected chi connectivity index (χ2v) is 5.81. The average Bonchev–Trinajstić information content (AvgIpc) is 3.21. The quantitative estimate of drug-likeness (QED) is 0.676. The summed E-state index contributed by atoms with van der Waals surface area (Å²) in [5.74, 6) is -0.623. The van der Waals surface area contributed by atoms with Gasteiger partial charge in [-0.3, -0.25) is 4.79 Å². The molecule has 1 amide bonds. The van der Waals surface area contributed by atoms with Crippen molar-refractivity contribution in [3.8, 4) is 5.69 Å². The lowest BCUT2D eigenvalue weighted by Gasteiger charge is -2.09. The number of carbonyl (C=O) groups is 2. The molecule has 132 valence electrons. The van der Waals surface area contributed by atoms with Crippen molar-refractivity contribution in [2.45, 2.75) is 13.3 Å². The highest BCUT2D eigenvalue weighted by Gasteiger charge is 2.10. The third-order valence-electron chi connectivity index (χ3n) is 3.83. The predicted molar refractivity (Wildman–Crippen MR) is 101 cm³/mol. The Labute approximate surface area is 152 Å². The lowest BCUT2D eigenvalue weighted by Crippen LogP contribution is -2.13. The first kappa shape index (κ1) is 17.5. The number of benzene rings is 2. The SMILES string of the molecule is CCCOC(=O)c1cccc(NC(=O)c2ccc(-n3cccc3)cc2)c1. The second-order valence-electron chi connectivity index (χ2n) is 5.81. The van der Waals surface area contributed by atoms with Crippen LogP contribution < -0.4 is 5.32 Å². The molecule has 0 spiro atoms. The Morgan fingerprint density at radius 3 is 2.38 bits per heavy atom. The van der Waals surface area contributed by atoms with E-state index in [-0.39, 0.29) is 11.9 Å². The van der Waals surface area contributed by atoms with E-state index in [0.717, 1.165) is 12.1 Å². The maximum atomic E-state index is 12.4. The summed E-state index contributed by atoms with van der Waals surface area (Å²) in [5.41, 5.74) is 2.49. The molecule has 0 fully saturated rings. The standard InChI is InChI=1S/C21H20N2O3/c1-2-14-26-21(25)17-6-5-7-18(15-17)22-20(24)16-8-10-19(11-9-16)23-12-3-4-13-23/h3-13,15H,2,14H2,1H3,(H,22,24). The van der Waals surface area contributed by atoms with Crippen LogP contribution in [0.15, 0.2) is 73.1 Å². The third-order valence-corrected chi connectivity index (χ3v) is 3.83. The summed E-state index contributed by atoms with van der Waals surface area (Å²) in [5, 5.41) is 2.81. The van der Waals surface area contributed by atoms with Gasteiger partial charge in [0.25, 0.3) is 5.91 Å². The van der Waals surface area contributed by atoms with E-state index < -0.39 is 0 Å². The zero-order valence-electron chi connectivity index (χ0n) is 14.5. The minimum absolute atomic E-state index is 0.233. The van der Waals surface area contributed by atoms with Crippen molar-refractivity contribution in [1.82, 2.24) is 4.57 Å². The largest absolute Gasteiger partial charge is 0.462 e. The third kappa shape index (κ3) is 4.19. The number of esters is 1. The summed E-state index contributed by atoms with van der Waals surface area (Å²) in [6, 6.07) is 17.9. The van der Waals surface area contributed by atoms with Crippen molar-refractivity contribution >= 4 is 17.6 Å². The zero-order valence-corrected chi connectivity index (χ0v) is 14.5. The number of hydrogen-bond acceptors (Lipinski definition) is 3. The van der Waals surface area contributed by atoms with Gasteiger partial charge in [-0.15, -0.1) is 0 Å². The molecule has 0 aliphatic carbocycles. The molecule has 26 heavy (non-hydrogen) atoms. The summed E-state index contributed by atoms with van der Waals surface area (Å²) in [4.78, 5) is 24.4. The molecule has 1 N–H and O–H groups in total. The van der Waals surface area contributed by atoms with Gasteiger partial charge < -0.3 is 14.6 Å². The van der Waals surface area contributed by atoms with Gasteiger partial charge in [0.15, 0.2) is 0 Å². The maximum Gasteiger partial charge on any atom is 0.338 e. The van der Waals surface area contributed by atoms with Gasteiger partial charge in [0.1, 0.15) is 0 Å². The minimum atomic E-state index is -0.390. The Kier molecular flexibility index (Phi) is 5.49. The fourth-order valence-electron chi connectivity index (χ4n) is 2.50. The van der Waals surface area contributed by atoms with E-state index >= 15 is 0 Å². The summed E-state index contributed by atoms with van der Waals surface area (Å²) >= 11 is 0. The molecule has 0 aliphatic heterocycles. The van der Waals surface area contributed by atoms with E-state index in [1.54, 1.807) is 36.4 Å². The van der Waals surface area contributed by atoms with Crippen molar-refractivity contribution in [2.75, 3.05) is 11.9 Å². The fourth-order valence-corrected chi connectivity index (χ4v) is 2.50. The molecule has 5 heteroatoms. The van der Waals surface area contributed by atoms with Crippen molar-refractivity contribution in [3.63, 3.8) is 0 Å². The number of nitrogens with zero attached hydrogens (tertiary/aromatic N) is 1. The lowest BCUT2D eigenvalue weighted by molar-refractivity contribution is 0.0505. The van der Waals surface area contributed by atoms with Gasteiger partial charge in [-0.05, 0) is 61.0 Å². The number of aromatic nitrogens is 1. The molecular formula is C21H20N2O3. The van der Waals surface area contributed by atoms with E-state index in [4.69, 9.17) is 4.74 Å². The molecule has 2 aromatic carbocycles. The van der Waals surface area contributed by atoms with Gasteiger partial charge in [0, 0.05) is 29.3 Å². The molecule has 1 heterocycles. The van der Waals surface area contributed by atoms with Gasteiger partial charge in [0.2, 0.25) is 0 Å². The molecule has 0 aliphatic rings. The lowest BCUT2D eigenvalue weighted by atomic mass is 10.1. The van der Waals surface area contributed by atoms with Gasteiger partial charge in [-0.25, -0.2) is 4.79 Å². The van der Waals surface area contributed by atoms with E-state index in [2.05, 4.69) is 5.32 Å². The molecule has 0 atom stereocenters. The Bertz CT molecular complexity index is 884. The summed E-state index contributed by atoms with van der Waals surface area (Å²) in [6.45, 7) is 2.31. The minimum Gasteiger partial charge on any atom is -0.462 e. The van der Waals surface area contributed by atoms with E-state index in [1.165, 1.54) is 0 Å². The van der Waals surface area contributed by atoms with Crippen LogP contribution in [0.3, 0.4) is 0 Å². The van der Waals surface area contributed by atoms with Crippen molar-refractivity contribution in [3.05, 3.63) is 84.2 Å². The van der Waals surface area contributed by atoms with Crippen LogP contribution in [-0.2, 0) is 4.74 Å². The van der Waals surface area contributed by atoms with Crippen LogP contribution in [0.25, 0.3) is 5.69 Å². The van der Waals surface area contributed by atoms with E-state index in [9.17, 15) is 9.59 Å². The highest BCUT2D eigenvalue weighted by atomic mass is 16.5. The van der Waals surface area contributed by atoms with Crippen molar-refractivity contribution in [2.24, 2.45) is 0 Å². The normalized spacial score (nSPS) is 10.3. The number of anilines is 1. The van der Waals surface area contributed by atoms with Gasteiger partial charge in [-0.2, -0.15) is 0 Å². The molecule has 3 aromatic rings. The number of ether oxygens (including phenoxy) is 1. The number of amides is 1.